The Morgan fingerprint density at radius 1 is 1.43 bits per heavy atom. The monoisotopic (exact) mass is 203 g/mol. The fraction of sp³-hybridized carbons (Fsp3) is 0.778. The van der Waals surface area contributed by atoms with E-state index in [0.717, 1.165) is 0 Å². The van der Waals surface area contributed by atoms with Gasteiger partial charge in [-0.25, -0.2) is 4.39 Å². The Labute approximate surface area is 81.7 Å². The lowest BCUT2D eigenvalue weighted by atomic mass is 10.1. The fourth-order valence-corrected chi connectivity index (χ4v) is 1.52. The molecular weight excluding hydrogens is 189 g/mol. The summed E-state index contributed by atoms with van der Waals surface area (Å²) in [7, 11) is 0. The molecule has 5 heteroatoms. The largest absolute Gasteiger partial charge is 0.481 e. The van der Waals surface area contributed by atoms with E-state index < -0.39 is 12.1 Å². The summed E-state index contributed by atoms with van der Waals surface area (Å²) in [6.07, 6.45) is 0.0225. The van der Waals surface area contributed by atoms with Gasteiger partial charge in [-0.3, -0.25) is 9.59 Å². The van der Waals surface area contributed by atoms with Crippen molar-refractivity contribution in [3.8, 4) is 0 Å². The minimum absolute atomic E-state index is 0.0257. The van der Waals surface area contributed by atoms with Crippen LogP contribution in [-0.2, 0) is 9.59 Å². The van der Waals surface area contributed by atoms with Gasteiger partial charge in [0.1, 0.15) is 6.17 Å². The molecule has 1 amide bonds. The Balaban J connectivity index is 2.32. The quantitative estimate of drug-likeness (QED) is 0.738. The Morgan fingerprint density at radius 2 is 2.14 bits per heavy atom. The summed E-state index contributed by atoms with van der Waals surface area (Å²) in [5.41, 5.74) is 0. The third-order valence-electron chi connectivity index (χ3n) is 2.27. The summed E-state index contributed by atoms with van der Waals surface area (Å²) in [5.74, 6) is -1.25. The molecule has 0 bridgehead atoms. The molecule has 0 unspecified atom stereocenters. The Bertz CT molecular complexity index is 232. The van der Waals surface area contributed by atoms with E-state index in [1.165, 1.54) is 4.90 Å². The van der Waals surface area contributed by atoms with E-state index in [1.54, 1.807) is 0 Å². The van der Waals surface area contributed by atoms with Gasteiger partial charge in [-0.05, 0) is 12.8 Å². The van der Waals surface area contributed by atoms with Crippen molar-refractivity contribution in [2.75, 3.05) is 13.1 Å². The molecule has 1 aliphatic heterocycles. The maximum Gasteiger partial charge on any atom is 0.303 e. The third kappa shape index (κ3) is 3.32. The fourth-order valence-electron chi connectivity index (χ4n) is 1.52. The normalized spacial score (nSPS) is 22.1. The first kappa shape index (κ1) is 10.9. The average Bonchev–Trinajstić information content (AvgIpc) is 2.14. The van der Waals surface area contributed by atoms with E-state index in [9.17, 15) is 14.0 Å². The van der Waals surface area contributed by atoms with E-state index in [0.29, 0.717) is 19.4 Å². The Kier molecular flexibility index (Phi) is 3.85. The van der Waals surface area contributed by atoms with Crippen molar-refractivity contribution in [3.63, 3.8) is 0 Å². The van der Waals surface area contributed by atoms with Gasteiger partial charge in [-0.15, -0.1) is 0 Å². The number of hydrogen-bond acceptors (Lipinski definition) is 2. The number of aliphatic carboxylic acids is 1. The molecule has 0 saturated carbocycles. The average molecular weight is 203 g/mol. The molecule has 1 heterocycles. The highest BCUT2D eigenvalue weighted by Gasteiger charge is 2.23. The number of hydrogen-bond donors (Lipinski definition) is 1. The first-order chi connectivity index (χ1) is 6.59. The van der Waals surface area contributed by atoms with Crippen LogP contribution in [0.3, 0.4) is 0 Å². The second-order valence-corrected chi connectivity index (χ2v) is 3.47. The van der Waals surface area contributed by atoms with Gasteiger partial charge in [0.2, 0.25) is 5.91 Å². The van der Waals surface area contributed by atoms with E-state index in [4.69, 9.17) is 5.11 Å². The smallest absolute Gasteiger partial charge is 0.303 e. The maximum absolute atomic E-state index is 12.9. The van der Waals surface area contributed by atoms with Crippen LogP contribution in [0.1, 0.15) is 25.7 Å². The minimum atomic E-state index is -0.993. The van der Waals surface area contributed by atoms with Gasteiger partial charge in [0.25, 0.3) is 0 Å². The highest BCUT2D eigenvalue weighted by molar-refractivity contribution is 5.80. The molecule has 1 aliphatic rings. The molecule has 0 aliphatic carbocycles. The summed E-state index contributed by atoms with van der Waals surface area (Å²) in [4.78, 5) is 23.0. The zero-order chi connectivity index (χ0) is 10.6. The second kappa shape index (κ2) is 4.93. The molecule has 0 radical (unpaired) electrons. The molecule has 1 rings (SSSR count). The summed E-state index contributed by atoms with van der Waals surface area (Å²) in [6.45, 7) is 0.678. The lowest BCUT2D eigenvalue weighted by Gasteiger charge is -2.28. The van der Waals surface area contributed by atoms with Gasteiger partial charge < -0.3 is 10.0 Å². The summed E-state index contributed by atoms with van der Waals surface area (Å²) in [6, 6.07) is 0. The predicted molar refractivity (Wildman–Crippen MR) is 47.6 cm³/mol. The lowest BCUT2D eigenvalue weighted by Crippen LogP contribution is -2.40. The van der Waals surface area contributed by atoms with Crippen molar-refractivity contribution in [3.05, 3.63) is 0 Å². The van der Waals surface area contributed by atoms with Crippen molar-refractivity contribution in [1.29, 1.82) is 0 Å². The number of nitrogens with zero attached hydrogens (tertiary/aromatic N) is 1. The number of carbonyl (C=O) groups is 2. The molecule has 80 valence electrons. The van der Waals surface area contributed by atoms with E-state index in [1.807, 2.05) is 0 Å². The van der Waals surface area contributed by atoms with Crippen LogP contribution in [0.4, 0.5) is 4.39 Å². The summed E-state index contributed by atoms with van der Waals surface area (Å²) in [5, 5.41) is 8.37. The van der Waals surface area contributed by atoms with Crippen LogP contribution >= 0.6 is 0 Å². The van der Waals surface area contributed by atoms with Crippen LogP contribution in [0.25, 0.3) is 0 Å². The van der Waals surface area contributed by atoms with Crippen LogP contribution in [0.2, 0.25) is 0 Å². The molecule has 1 N–H and O–H groups in total. The van der Waals surface area contributed by atoms with Gasteiger partial charge in [-0.1, -0.05) is 0 Å². The van der Waals surface area contributed by atoms with Gasteiger partial charge in [0.05, 0.1) is 13.0 Å². The number of piperidine rings is 1. The van der Waals surface area contributed by atoms with Crippen LogP contribution in [0, 0.1) is 0 Å². The number of carboxylic acids is 1. The summed E-state index contributed by atoms with van der Waals surface area (Å²) >= 11 is 0. The number of alkyl halides is 1. The standard InChI is InChI=1S/C9H14FNO3/c10-7-2-1-5-11(6-7)8(12)3-4-9(13)14/h7H,1-6H2,(H,13,14)/t7-/m1/s1. The van der Waals surface area contributed by atoms with Gasteiger partial charge in [-0.2, -0.15) is 0 Å². The van der Waals surface area contributed by atoms with Crippen LogP contribution < -0.4 is 0 Å². The van der Waals surface area contributed by atoms with Gasteiger partial charge >= 0.3 is 5.97 Å². The Morgan fingerprint density at radius 3 is 2.71 bits per heavy atom. The number of likely N-dealkylation sites (tertiary alicyclic amines) is 1. The number of carboxylic acid groups (broad SMARTS) is 1. The third-order valence-corrected chi connectivity index (χ3v) is 2.27. The van der Waals surface area contributed by atoms with Crippen molar-refractivity contribution >= 4 is 11.9 Å². The first-order valence-corrected chi connectivity index (χ1v) is 4.73. The van der Waals surface area contributed by atoms with E-state index >= 15 is 0 Å². The van der Waals surface area contributed by atoms with Crippen LogP contribution in [0.15, 0.2) is 0 Å². The molecule has 0 aromatic heterocycles. The highest BCUT2D eigenvalue weighted by Crippen LogP contribution is 2.14. The number of carbonyl (C=O) groups excluding carboxylic acids is 1. The molecule has 1 fully saturated rings. The van der Waals surface area contributed by atoms with Crippen molar-refractivity contribution in [2.45, 2.75) is 31.9 Å². The minimum Gasteiger partial charge on any atom is -0.481 e. The predicted octanol–water partition coefficient (Wildman–Crippen LogP) is 0.812. The van der Waals surface area contributed by atoms with E-state index in [-0.39, 0.29) is 25.3 Å². The molecule has 1 atom stereocenters. The molecule has 0 aromatic rings. The topological polar surface area (TPSA) is 57.6 Å². The van der Waals surface area contributed by atoms with E-state index in [2.05, 4.69) is 0 Å². The zero-order valence-corrected chi connectivity index (χ0v) is 7.91. The maximum atomic E-state index is 12.9. The number of rotatable bonds is 3. The van der Waals surface area contributed by atoms with Gasteiger partial charge in [0.15, 0.2) is 0 Å². The van der Waals surface area contributed by atoms with Crippen molar-refractivity contribution in [2.24, 2.45) is 0 Å². The summed E-state index contributed by atoms with van der Waals surface area (Å²) < 4.78 is 12.9. The highest BCUT2D eigenvalue weighted by atomic mass is 19.1. The SMILES string of the molecule is O=C(O)CCC(=O)N1CCC[C@@H](F)C1. The molecule has 0 aromatic carbocycles. The first-order valence-electron chi connectivity index (χ1n) is 4.73. The Hall–Kier alpha value is -1.13. The molecule has 4 nitrogen and oxygen atoms in total. The molecule has 0 spiro atoms. The van der Waals surface area contributed by atoms with Crippen molar-refractivity contribution in [1.82, 2.24) is 4.90 Å². The number of halogens is 1. The van der Waals surface area contributed by atoms with Crippen molar-refractivity contribution < 1.29 is 19.1 Å². The molecule has 14 heavy (non-hydrogen) atoms. The van der Waals surface area contributed by atoms with Gasteiger partial charge in [0, 0.05) is 13.0 Å². The lowest BCUT2D eigenvalue weighted by molar-refractivity contribution is -0.141. The zero-order valence-electron chi connectivity index (χ0n) is 7.91. The number of amides is 1. The van der Waals surface area contributed by atoms with Crippen LogP contribution in [0.5, 0.6) is 0 Å². The van der Waals surface area contributed by atoms with Crippen LogP contribution in [-0.4, -0.2) is 41.1 Å². The molecular formula is C9H14FNO3. The second-order valence-electron chi connectivity index (χ2n) is 3.47. The molecule has 1 saturated heterocycles.